The Morgan fingerprint density at radius 1 is 1.21 bits per heavy atom. The minimum absolute atomic E-state index is 0.509. The van der Waals surface area contributed by atoms with Gasteiger partial charge in [-0.05, 0) is 6.42 Å². The molecule has 0 bridgehead atoms. The van der Waals surface area contributed by atoms with Crippen LogP contribution in [0.2, 0.25) is 0 Å². The van der Waals surface area contributed by atoms with E-state index in [-0.39, 0.29) is 0 Å². The van der Waals surface area contributed by atoms with Crippen molar-refractivity contribution in [3.8, 4) is 0 Å². The van der Waals surface area contributed by atoms with E-state index in [0.717, 1.165) is 19.1 Å². The van der Waals surface area contributed by atoms with E-state index in [2.05, 4.69) is 18.0 Å². The molecule has 0 saturated heterocycles. The van der Waals surface area contributed by atoms with Gasteiger partial charge in [0, 0.05) is 4.57 Å². The van der Waals surface area contributed by atoms with Gasteiger partial charge in [-0.1, -0.05) is 45.6 Å². The van der Waals surface area contributed by atoms with Gasteiger partial charge in [0.25, 0.3) is 0 Å². The topological polar surface area (TPSA) is 35.5 Å². The Hall–Kier alpha value is -0.400. The van der Waals surface area contributed by atoms with Crippen molar-refractivity contribution in [1.82, 2.24) is 0 Å². The van der Waals surface area contributed by atoms with E-state index in [1.54, 1.807) is 0 Å². The number of unbranched alkanes of at least 4 members (excludes halogenated alkanes) is 5. The molecule has 0 aliphatic heterocycles. The molecule has 0 saturated carbocycles. The van der Waals surface area contributed by atoms with Crippen molar-refractivity contribution >= 4 is 8.25 Å². The van der Waals surface area contributed by atoms with E-state index < -0.39 is 8.25 Å². The van der Waals surface area contributed by atoms with Gasteiger partial charge in [-0.2, -0.15) is 0 Å². The number of hydrogen-bond acceptors (Lipinski definition) is 3. The van der Waals surface area contributed by atoms with Crippen molar-refractivity contribution < 1.29 is 13.6 Å². The lowest BCUT2D eigenvalue weighted by atomic mass is 10.1. The second kappa shape index (κ2) is 10.7. The molecule has 0 amide bonds. The summed E-state index contributed by atoms with van der Waals surface area (Å²) in [6, 6.07) is 0. The Morgan fingerprint density at radius 3 is 2.50 bits per heavy atom. The summed E-state index contributed by atoms with van der Waals surface area (Å²) in [6.45, 7) is 6.00. The molecular formula is C10H20O3P+. The first-order chi connectivity index (χ1) is 6.81. The minimum atomic E-state index is -1.98. The highest BCUT2D eigenvalue weighted by atomic mass is 31.1. The zero-order valence-corrected chi connectivity index (χ0v) is 9.80. The fraction of sp³-hybridized carbons (Fsp3) is 0.800. The smallest absolute Gasteiger partial charge is 0.238 e. The highest BCUT2D eigenvalue weighted by Gasteiger charge is 2.17. The first-order valence-electron chi connectivity index (χ1n) is 5.19. The molecule has 14 heavy (non-hydrogen) atoms. The van der Waals surface area contributed by atoms with Gasteiger partial charge < -0.3 is 0 Å². The molecule has 3 nitrogen and oxygen atoms in total. The first kappa shape index (κ1) is 13.6. The molecule has 1 atom stereocenters. The standard InChI is InChI=1S/C10H20O3P/c1-3-5-6-7-8-9-10-13-14(11)12-4-2/h4H,2-3,5-10H2,1H3/q+1. The lowest BCUT2D eigenvalue weighted by Crippen LogP contribution is -1.87. The van der Waals surface area contributed by atoms with E-state index in [1.165, 1.54) is 25.7 Å². The van der Waals surface area contributed by atoms with Crippen LogP contribution in [0.15, 0.2) is 12.8 Å². The molecule has 0 aromatic carbocycles. The molecule has 0 aromatic rings. The molecule has 0 heterocycles. The van der Waals surface area contributed by atoms with Gasteiger partial charge in [-0.15, -0.1) is 4.52 Å². The molecule has 0 spiro atoms. The second-order valence-corrected chi connectivity index (χ2v) is 4.01. The van der Waals surface area contributed by atoms with Crippen molar-refractivity contribution in [3.05, 3.63) is 12.8 Å². The third kappa shape index (κ3) is 9.69. The first-order valence-corrected chi connectivity index (χ1v) is 6.28. The molecule has 0 fully saturated rings. The average Bonchev–Trinajstić information content (AvgIpc) is 2.17. The van der Waals surface area contributed by atoms with Crippen molar-refractivity contribution in [2.75, 3.05) is 6.61 Å². The quantitative estimate of drug-likeness (QED) is 0.314. The van der Waals surface area contributed by atoms with Crippen LogP contribution in [-0.2, 0) is 13.6 Å². The predicted octanol–water partition coefficient (Wildman–Crippen LogP) is 4.18. The third-order valence-electron chi connectivity index (χ3n) is 1.86. The van der Waals surface area contributed by atoms with Gasteiger partial charge in [-0.25, -0.2) is 4.52 Å². The largest absolute Gasteiger partial charge is 0.749 e. The molecule has 4 heteroatoms. The summed E-state index contributed by atoms with van der Waals surface area (Å²) in [7, 11) is -1.98. The van der Waals surface area contributed by atoms with E-state index in [1.807, 2.05) is 0 Å². The minimum Gasteiger partial charge on any atom is -0.238 e. The van der Waals surface area contributed by atoms with Gasteiger partial charge in [-0.3, -0.25) is 0 Å². The summed E-state index contributed by atoms with van der Waals surface area (Å²) in [4.78, 5) is 0. The normalized spacial score (nSPS) is 11.1. The molecular weight excluding hydrogens is 199 g/mol. The monoisotopic (exact) mass is 219 g/mol. The van der Waals surface area contributed by atoms with Crippen LogP contribution in [0.3, 0.4) is 0 Å². The molecule has 0 aromatic heterocycles. The number of hydrogen-bond donors (Lipinski definition) is 0. The molecule has 1 unspecified atom stereocenters. The van der Waals surface area contributed by atoms with Gasteiger partial charge >= 0.3 is 8.25 Å². The summed E-state index contributed by atoms with van der Waals surface area (Å²) < 4.78 is 20.3. The van der Waals surface area contributed by atoms with Crippen LogP contribution in [0.25, 0.3) is 0 Å². The predicted molar refractivity (Wildman–Crippen MR) is 58.2 cm³/mol. The van der Waals surface area contributed by atoms with Gasteiger partial charge in [0.1, 0.15) is 12.9 Å². The lowest BCUT2D eigenvalue weighted by Gasteiger charge is -1.96. The van der Waals surface area contributed by atoms with Crippen molar-refractivity contribution in [2.45, 2.75) is 45.4 Å². The van der Waals surface area contributed by atoms with Gasteiger partial charge in [0.15, 0.2) is 0 Å². The maximum Gasteiger partial charge on any atom is 0.749 e. The van der Waals surface area contributed by atoms with E-state index in [9.17, 15) is 4.57 Å². The van der Waals surface area contributed by atoms with E-state index in [0.29, 0.717) is 6.61 Å². The van der Waals surface area contributed by atoms with E-state index in [4.69, 9.17) is 4.52 Å². The van der Waals surface area contributed by atoms with Crippen LogP contribution in [0.4, 0.5) is 0 Å². The molecule has 0 aliphatic carbocycles. The molecule has 0 rings (SSSR count). The fourth-order valence-corrected chi connectivity index (χ4v) is 1.57. The zero-order chi connectivity index (χ0) is 10.6. The Bertz CT molecular complexity index is 159. The van der Waals surface area contributed by atoms with Crippen molar-refractivity contribution in [2.24, 2.45) is 0 Å². The van der Waals surface area contributed by atoms with Crippen LogP contribution in [0, 0.1) is 0 Å². The van der Waals surface area contributed by atoms with Gasteiger partial charge in [0.05, 0.1) is 0 Å². The molecule has 0 N–H and O–H groups in total. The summed E-state index contributed by atoms with van der Waals surface area (Å²) in [5.74, 6) is 0. The fourth-order valence-electron chi connectivity index (χ4n) is 1.11. The van der Waals surface area contributed by atoms with Crippen LogP contribution >= 0.6 is 8.25 Å². The van der Waals surface area contributed by atoms with Crippen LogP contribution in [0.1, 0.15) is 45.4 Å². The Labute approximate surface area is 87.4 Å². The average molecular weight is 219 g/mol. The molecule has 0 aliphatic rings. The zero-order valence-electron chi connectivity index (χ0n) is 8.91. The highest BCUT2D eigenvalue weighted by Crippen LogP contribution is 2.23. The van der Waals surface area contributed by atoms with Crippen molar-refractivity contribution in [3.63, 3.8) is 0 Å². The van der Waals surface area contributed by atoms with Crippen LogP contribution in [-0.4, -0.2) is 6.61 Å². The molecule has 0 radical (unpaired) electrons. The van der Waals surface area contributed by atoms with Crippen molar-refractivity contribution in [1.29, 1.82) is 0 Å². The Kier molecular flexibility index (Phi) is 10.4. The molecule has 82 valence electrons. The maximum absolute atomic E-state index is 10.8. The summed E-state index contributed by atoms with van der Waals surface area (Å²) in [6.07, 6.45) is 8.30. The summed E-state index contributed by atoms with van der Waals surface area (Å²) in [5.41, 5.74) is 0. The summed E-state index contributed by atoms with van der Waals surface area (Å²) >= 11 is 0. The lowest BCUT2D eigenvalue weighted by molar-refractivity contribution is 0.264. The Morgan fingerprint density at radius 2 is 1.86 bits per heavy atom. The van der Waals surface area contributed by atoms with Gasteiger partial charge in [0.2, 0.25) is 0 Å². The second-order valence-electron chi connectivity index (χ2n) is 3.10. The maximum atomic E-state index is 10.8. The Balaban J connectivity index is 3.05. The van der Waals surface area contributed by atoms with Crippen LogP contribution < -0.4 is 0 Å². The highest BCUT2D eigenvalue weighted by molar-refractivity contribution is 7.33. The van der Waals surface area contributed by atoms with E-state index >= 15 is 0 Å². The van der Waals surface area contributed by atoms with Crippen LogP contribution in [0.5, 0.6) is 0 Å². The third-order valence-corrected chi connectivity index (χ3v) is 2.57. The number of rotatable bonds is 10. The summed E-state index contributed by atoms with van der Waals surface area (Å²) in [5, 5.41) is 0. The SMILES string of the molecule is C=CO[P+](=O)OCCCCCCCC.